The summed E-state index contributed by atoms with van der Waals surface area (Å²) in [6.07, 6.45) is 4.83. The van der Waals surface area contributed by atoms with Gasteiger partial charge < -0.3 is 5.11 Å². The van der Waals surface area contributed by atoms with Crippen molar-refractivity contribution in [1.82, 2.24) is 14.4 Å². The van der Waals surface area contributed by atoms with E-state index in [2.05, 4.69) is 9.97 Å². The van der Waals surface area contributed by atoms with E-state index < -0.39 is 5.97 Å². The molecule has 0 radical (unpaired) electrons. The van der Waals surface area contributed by atoms with E-state index in [9.17, 15) is 9.90 Å². The van der Waals surface area contributed by atoms with E-state index in [-0.39, 0.29) is 5.69 Å². The van der Waals surface area contributed by atoms with Gasteiger partial charge in [-0.25, -0.2) is 9.78 Å². The SMILES string of the molecule is Cc1ccc(-c2nc(C(=O)O)c3cnccn23)cc1. The summed E-state index contributed by atoms with van der Waals surface area (Å²) in [6.45, 7) is 2.00. The fraction of sp³-hybridized carbons (Fsp3) is 0.0714. The molecule has 3 rings (SSSR count). The number of aromatic nitrogens is 3. The smallest absolute Gasteiger partial charge is 0.356 e. The average molecular weight is 253 g/mol. The van der Waals surface area contributed by atoms with Gasteiger partial charge in [0, 0.05) is 18.0 Å². The minimum absolute atomic E-state index is 0.0173. The van der Waals surface area contributed by atoms with Gasteiger partial charge >= 0.3 is 5.97 Å². The second-order valence-corrected chi connectivity index (χ2v) is 4.29. The second-order valence-electron chi connectivity index (χ2n) is 4.29. The minimum atomic E-state index is -1.05. The van der Waals surface area contributed by atoms with E-state index in [1.165, 1.54) is 6.20 Å². The monoisotopic (exact) mass is 253 g/mol. The van der Waals surface area contributed by atoms with Crippen molar-refractivity contribution in [2.24, 2.45) is 0 Å². The fourth-order valence-electron chi connectivity index (χ4n) is 2.00. The first-order valence-electron chi connectivity index (χ1n) is 5.79. The van der Waals surface area contributed by atoms with Crippen molar-refractivity contribution < 1.29 is 9.90 Å². The number of carboxylic acid groups (broad SMARTS) is 1. The molecule has 1 N–H and O–H groups in total. The zero-order chi connectivity index (χ0) is 13.4. The number of carboxylic acids is 1. The Morgan fingerprint density at radius 1 is 1.26 bits per heavy atom. The number of benzene rings is 1. The van der Waals surface area contributed by atoms with Crippen LogP contribution in [0.3, 0.4) is 0 Å². The van der Waals surface area contributed by atoms with E-state index in [0.29, 0.717) is 11.3 Å². The number of fused-ring (bicyclic) bond motifs is 1. The quantitative estimate of drug-likeness (QED) is 0.761. The van der Waals surface area contributed by atoms with Gasteiger partial charge in [-0.1, -0.05) is 29.8 Å². The third-order valence-corrected chi connectivity index (χ3v) is 2.96. The van der Waals surface area contributed by atoms with Gasteiger partial charge in [-0.15, -0.1) is 0 Å². The Bertz CT molecular complexity index is 760. The largest absolute Gasteiger partial charge is 0.476 e. The number of hydrogen-bond donors (Lipinski definition) is 1. The molecule has 5 heteroatoms. The molecule has 0 saturated carbocycles. The minimum Gasteiger partial charge on any atom is -0.476 e. The van der Waals surface area contributed by atoms with Crippen LogP contribution in [0, 0.1) is 6.92 Å². The molecule has 0 amide bonds. The van der Waals surface area contributed by atoms with E-state index in [0.717, 1.165) is 11.1 Å². The molecule has 0 aliphatic heterocycles. The van der Waals surface area contributed by atoms with E-state index in [1.54, 1.807) is 16.8 Å². The number of imidazole rings is 1. The van der Waals surface area contributed by atoms with Gasteiger partial charge in [-0.05, 0) is 6.92 Å². The van der Waals surface area contributed by atoms with Crippen molar-refractivity contribution in [3.8, 4) is 11.4 Å². The first-order chi connectivity index (χ1) is 9.16. The maximum Gasteiger partial charge on any atom is 0.356 e. The molecule has 3 aromatic rings. The summed E-state index contributed by atoms with van der Waals surface area (Å²) in [7, 11) is 0. The molecule has 2 heterocycles. The van der Waals surface area contributed by atoms with Gasteiger partial charge in [0.25, 0.3) is 0 Å². The van der Waals surface area contributed by atoms with Crippen molar-refractivity contribution in [2.75, 3.05) is 0 Å². The Hall–Kier alpha value is -2.69. The lowest BCUT2D eigenvalue weighted by Gasteiger charge is -2.01. The average Bonchev–Trinajstić information content (AvgIpc) is 2.79. The molecule has 94 valence electrons. The first-order valence-corrected chi connectivity index (χ1v) is 5.79. The van der Waals surface area contributed by atoms with Crippen molar-refractivity contribution in [3.63, 3.8) is 0 Å². The molecule has 0 bridgehead atoms. The van der Waals surface area contributed by atoms with Crippen LogP contribution in [0.25, 0.3) is 16.9 Å². The molecule has 19 heavy (non-hydrogen) atoms. The Labute approximate surface area is 109 Å². The highest BCUT2D eigenvalue weighted by Crippen LogP contribution is 2.22. The van der Waals surface area contributed by atoms with Crippen LogP contribution in [-0.4, -0.2) is 25.4 Å². The van der Waals surface area contributed by atoms with Gasteiger partial charge in [0.1, 0.15) is 5.82 Å². The van der Waals surface area contributed by atoms with Crippen LogP contribution in [0.15, 0.2) is 42.9 Å². The van der Waals surface area contributed by atoms with Crippen LogP contribution in [0.1, 0.15) is 16.1 Å². The first kappa shape index (κ1) is 11.4. The van der Waals surface area contributed by atoms with Crippen LogP contribution in [0.5, 0.6) is 0 Å². The van der Waals surface area contributed by atoms with E-state index >= 15 is 0 Å². The number of hydrogen-bond acceptors (Lipinski definition) is 3. The maximum atomic E-state index is 11.2. The van der Waals surface area contributed by atoms with Crippen molar-refractivity contribution in [3.05, 3.63) is 54.1 Å². The third-order valence-electron chi connectivity index (χ3n) is 2.96. The molecular formula is C14H11N3O2. The van der Waals surface area contributed by atoms with Crippen LogP contribution in [0.4, 0.5) is 0 Å². The van der Waals surface area contributed by atoms with E-state index in [1.807, 2.05) is 31.2 Å². The molecular weight excluding hydrogens is 242 g/mol. The topological polar surface area (TPSA) is 67.5 Å². The summed E-state index contributed by atoms with van der Waals surface area (Å²) in [4.78, 5) is 19.4. The van der Waals surface area contributed by atoms with Crippen molar-refractivity contribution >= 4 is 11.5 Å². The number of rotatable bonds is 2. The summed E-state index contributed by atoms with van der Waals surface area (Å²) < 4.78 is 1.74. The Morgan fingerprint density at radius 3 is 2.68 bits per heavy atom. The van der Waals surface area contributed by atoms with Crippen LogP contribution in [0.2, 0.25) is 0 Å². The molecule has 0 saturated heterocycles. The Kier molecular flexibility index (Phi) is 2.52. The molecule has 0 atom stereocenters. The lowest BCUT2D eigenvalue weighted by molar-refractivity contribution is 0.0693. The molecule has 0 fully saturated rings. The predicted molar refractivity (Wildman–Crippen MR) is 70.1 cm³/mol. The maximum absolute atomic E-state index is 11.2. The number of aryl methyl sites for hydroxylation is 1. The fourth-order valence-corrected chi connectivity index (χ4v) is 2.00. The predicted octanol–water partition coefficient (Wildman–Crippen LogP) is 2.40. The van der Waals surface area contributed by atoms with Crippen molar-refractivity contribution in [1.29, 1.82) is 0 Å². The molecule has 0 unspecified atom stereocenters. The zero-order valence-electron chi connectivity index (χ0n) is 10.2. The number of aromatic carboxylic acids is 1. The van der Waals surface area contributed by atoms with Gasteiger partial charge in [0.05, 0.1) is 11.7 Å². The summed E-state index contributed by atoms with van der Waals surface area (Å²) in [5.41, 5.74) is 2.53. The summed E-state index contributed by atoms with van der Waals surface area (Å²) in [5, 5.41) is 9.18. The highest BCUT2D eigenvalue weighted by Gasteiger charge is 2.17. The molecule has 0 aliphatic rings. The Morgan fingerprint density at radius 2 is 2.00 bits per heavy atom. The molecule has 5 nitrogen and oxygen atoms in total. The highest BCUT2D eigenvalue weighted by atomic mass is 16.4. The summed E-state index contributed by atoms with van der Waals surface area (Å²) in [5.74, 6) is -0.446. The van der Waals surface area contributed by atoms with Gasteiger partial charge in [-0.2, -0.15) is 0 Å². The normalized spacial score (nSPS) is 10.8. The summed E-state index contributed by atoms with van der Waals surface area (Å²) in [6, 6.07) is 7.79. The Balaban J connectivity index is 2.29. The standard InChI is InChI=1S/C14H11N3O2/c1-9-2-4-10(5-3-9)13-16-12(14(18)19)11-8-15-6-7-17(11)13/h2-8H,1H3,(H,18,19). The lowest BCUT2D eigenvalue weighted by atomic mass is 10.1. The number of nitrogens with zero attached hydrogens (tertiary/aromatic N) is 3. The molecule has 0 spiro atoms. The van der Waals surface area contributed by atoms with Gasteiger partial charge in [0.2, 0.25) is 0 Å². The highest BCUT2D eigenvalue weighted by molar-refractivity contribution is 5.94. The molecule has 2 aromatic heterocycles. The van der Waals surface area contributed by atoms with Crippen LogP contribution >= 0.6 is 0 Å². The number of carbonyl (C=O) groups is 1. The van der Waals surface area contributed by atoms with E-state index in [4.69, 9.17) is 0 Å². The zero-order valence-corrected chi connectivity index (χ0v) is 10.2. The van der Waals surface area contributed by atoms with Gasteiger partial charge in [-0.3, -0.25) is 9.38 Å². The summed E-state index contributed by atoms with van der Waals surface area (Å²) >= 11 is 0. The third kappa shape index (κ3) is 1.85. The molecule has 1 aromatic carbocycles. The van der Waals surface area contributed by atoms with Gasteiger partial charge in [0.15, 0.2) is 5.69 Å². The molecule has 0 aliphatic carbocycles. The second kappa shape index (κ2) is 4.20. The van der Waals surface area contributed by atoms with Crippen LogP contribution < -0.4 is 0 Å². The lowest BCUT2D eigenvalue weighted by Crippen LogP contribution is -1.97. The van der Waals surface area contributed by atoms with Crippen LogP contribution in [-0.2, 0) is 0 Å². The van der Waals surface area contributed by atoms with Crippen molar-refractivity contribution in [2.45, 2.75) is 6.92 Å².